The van der Waals surface area contributed by atoms with Crippen LogP contribution in [0.5, 0.6) is 0 Å². The zero-order valence-corrected chi connectivity index (χ0v) is 13.6. The minimum Gasteiger partial charge on any atom is -0.316 e. The van der Waals surface area contributed by atoms with Gasteiger partial charge in [0.05, 0.1) is 0 Å². The van der Waals surface area contributed by atoms with Crippen molar-refractivity contribution in [2.24, 2.45) is 5.92 Å². The SMILES string of the molecule is CC(C)CNCC(CCc1cccs1)c1cccc(F)c1. The smallest absolute Gasteiger partial charge is 0.123 e. The van der Waals surface area contributed by atoms with Crippen molar-refractivity contribution in [2.75, 3.05) is 13.1 Å². The molecule has 1 unspecified atom stereocenters. The lowest BCUT2D eigenvalue weighted by atomic mass is 9.93. The fourth-order valence-corrected chi connectivity index (χ4v) is 3.19. The number of rotatable bonds is 8. The Morgan fingerprint density at radius 1 is 1.14 bits per heavy atom. The molecule has 0 aliphatic rings. The molecule has 0 saturated heterocycles. The van der Waals surface area contributed by atoms with E-state index >= 15 is 0 Å². The van der Waals surface area contributed by atoms with Crippen LogP contribution in [0.3, 0.4) is 0 Å². The van der Waals surface area contributed by atoms with Gasteiger partial charge in [-0.15, -0.1) is 11.3 Å². The molecule has 0 fully saturated rings. The van der Waals surface area contributed by atoms with Crippen molar-refractivity contribution in [3.8, 4) is 0 Å². The Labute approximate surface area is 131 Å². The summed E-state index contributed by atoms with van der Waals surface area (Å²) < 4.78 is 13.5. The molecule has 1 heterocycles. The summed E-state index contributed by atoms with van der Waals surface area (Å²) in [7, 11) is 0. The number of aryl methyl sites for hydroxylation is 1. The predicted molar refractivity (Wildman–Crippen MR) is 89.5 cm³/mol. The Hall–Kier alpha value is -1.19. The third-order valence-corrected chi connectivity index (χ3v) is 4.52. The highest BCUT2D eigenvalue weighted by molar-refractivity contribution is 7.09. The molecule has 0 spiro atoms. The van der Waals surface area contributed by atoms with E-state index in [4.69, 9.17) is 0 Å². The number of nitrogens with one attached hydrogen (secondary N) is 1. The number of hydrogen-bond acceptors (Lipinski definition) is 2. The molecule has 3 heteroatoms. The molecule has 1 nitrogen and oxygen atoms in total. The van der Waals surface area contributed by atoms with E-state index in [1.807, 2.05) is 12.1 Å². The van der Waals surface area contributed by atoms with Crippen molar-refractivity contribution in [1.29, 1.82) is 0 Å². The maximum Gasteiger partial charge on any atom is 0.123 e. The Kier molecular flexibility index (Phi) is 6.40. The lowest BCUT2D eigenvalue weighted by Crippen LogP contribution is -2.25. The van der Waals surface area contributed by atoms with E-state index < -0.39 is 0 Å². The summed E-state index contributed by atoms with van der Waals surface area (Å²) in [6.07, 6.45) is 2.11. The van der Waals surface area contributed by atoms with E-state index in [0.29, 0.717) is 11.8 Å². The molecule has 2 rings (SSSR count). The average Bonchev–Trinajstić information content (AvgIpc) is 2.95. The number of halogens is 1. The third kappa shape index (κ3) is 5.60. The highest BCUT2D eigenvalue weighted by Gasteiger charge is 2.13. The predicted octanol–water partition coefficient (Wildman–Crippen LogP) is 4.85. The minimum atomic E-state index is -0.141. The summed E-state index contributed by atoms with van der Waals surface area (Å²) in [6, 6.07) is 11.3. The van der Waals surface area contributed by atoms with E-state index in [9.17, 15) is 4.39 Å². The van der Waals surface area contributed by atoms with E-state index in [1.165, 1.54) is 10.9 Å². The van der Waals surface area contributed by atoms with Crippen LogP contribution in [0.4, 0.5) is 4.39 Å². The first-order valence-corrected chi connectivity index (χ1v) is 8.51. The molecule has 21 heavy (non-hydrogen) atoms. The standard InChI is InChI=1S/C18H24FNS/c1-14(2)12-20-13-16(8-9-18-7-4-10-21-18)15-5-3-6-17(19)11-15/h3-7,10-11,14,16,20H,8-9,12-13H2,1-2H3. The summed E-state index contributed by atoms with van der Waals surface area (Å²) in [5.74, 6) is 0.856. The second-order valence-corrected chi connectivity index (χ2v) is 6.95. The largest absolute Gasteiger partial charge is 0.316 e. The molecular formula is C18H24FNS. The van der Waals surface area contributed by atoms with Gasteiger partial charge in [0.2, 0.25) is 0 Å². The van der Waals surface area contributed by atoms with Crippen LogP contribution in [-0.4, -0.2) is 13.1 Å². The molecular weight excluding hydrogens is 281 g/mol. The Bertz CT molecular complexity index is 522. The van der Waals surface area contributed by atoms with Gasteiger partial charge in [-0.2, -0.15) is 0 Å². The molecule has 0 aliphatic carbocycles. The van der Waals surface area contributed by atoms with E-state index in [0.717, 1.165) is 31.5 Å². The van der Waals surface area contributed by atoms with Crippen LogP contribution in [0.1, 0.15) is 36.6 Å². The van der Waals surface area contributed by atoms with Crippen molar-refractivity contribution < 1.29 is 4.39 Å². The molecule has 2 aromatic rings. The molecule has 1 aromatic carbocycles. The second-order valence-electron chi connectivity index (χ2n) is 5.92. The molecule has 0 bridgehead atoms. The molecule has 1 atom stereocenters. The maximum absolute atomic E-state index is 13.5. The zero-order valence-electron chi connectivity index (χ0n) is 12.8. The summed E-state index contributed by atoms with van der Waals surface area (Å²) in [5, 5.41) is 5.63. The van der Waals surface area contributed by atoms with Gasteiger partial charge in [-0.3, -0.25) is 0 Å². The van der Waals surface area contributed by atoms with Crippen LogP contribution >= 0.6 is 11.3 Å². The van der Waals surface area contributed by atoms with Gasteiger partial charge in [-0.1, -0.05) is 32.0 Å². The van der Waals surface area contributed by atoms with Crippen molar-refractivity contribution in [1.82, 2.24) is 5.32 Å². The lowest BCUT2D eigenvalue weighted by Gasteiger charge is -2.19. The Balaban J connectivity index is 1.98. The van der Waals surface area contributed by atoms with E-state index in [1.54, 1.807) is 17.4 Å². The normalized spacial score (nSPS) is 12.8. The topological polar surface area (TPSA) is 12.0 Å². The van der Waals surface area contributed by atoms with Crippen LogP contribution in [0.25, 0.3) is 0 Å². The van der Waals surface area contributed by atoms with Gasteiger partial charge in [0.25, 0.3) is 0 Å². The van der Waals surface area contributed by atoms with Crippen LogP contribution in [0.15, 0.2) is 41.8 Å². The highest BCUT2D eigenvalue weighted by atomic mass is 32.1. The van der Waals surface area contributed by atoms with Gasteiger partial charge in [0.1, 0.15) is 5.82 Å². The van der Waals surface area contributed by atoms with Crippen molar-refractivity contribution in [3.05, 3.63) is 58.0 Å². The average molecular weight is 305 g/mol. The Morgan fingerprint density at radius 3 is 2.67 bits per heavy atom. The second kappa shape index (κ2) is 8.30. The minimum absolute atomic E-state index is 0.141. The molecule has 0 amide bonds. The van der Waals surface area contributed by atoms with E-state index in [2.05, 4.69) is 36.7 Å². The van der Waals surface area contributed by atoms with Gasteiger partial charge in [0, 0.05) is 11.4 Å². The first kappa shape index (κ1) is 16.2. The molecule has 114 valence electrons. The number of hydrogen-bond donors (Lipinski definition) is 1. The van der Waals surface area contributed by atoms with Gasteiger partial charge in [-0.05, 0) is 60.4 Å². The van der Waals surface area contributed by atoms with Gasteiger partial charge >= 0.3 is 0 Å². The first-order chi connectivity index (χ1) is 10.1. The Morgan fingerprint density at radius 2 is 2.00 bits per heavy atom. The summed E-state index contributed by atoms with van der Waals surface area (Å²) in [4.78, 5) is 1.40. The highest BCUT2D eigenvalue weighted by Crippen LogP contribution is 2.23. The molecule has 0 aliphatic heterocycles. The quantitative estimate of drug-likeness (QED) is 0.735. The molecule has 0 saturated carbocycles. The van der Waals surface area contributed by atoms with E-state index in [-0.39, 0.29) is 5.82 Å². The number of benzene rings is 1. The maximum atomic E-state index is 13.5. The monoisotopic (exact) mass is 305 g/mol. The summed E-state index contributed by atoms with van der Waals surface area (Å²) in [6.45, 7) is 6.32. The van der Waals surface area contributed by atoms with Gasteiger partial charge < -0.3 is 5.32 Å². The van der Waals surface area contributed by atoms with Crippen LogP contribution < -0.4 is 5.32 Å². The molecule has 1 aromatic heterocycles. The van der Waals surface area contributed by atoms with Gasteiger partial charge in [0.15, 0.2) is 0 Å². The van der Waals surface area contributed by atoms with Crippen LogP contribution in [0.2, 0.25) is 0 Å². The molecule has 0 radical (unpaired) electrons. The zero-order chi connectivity index (χ0) is 15.1. The van der Waals surface area contributed by atoms with Crippen LogP contribution in [0, 0.1) is 11.7 Å². The number of thiophene rings is 1. The van der Waals surface area contributed by atoms with Crippen molar-refractivity contribution >= 4 is 11.3 Å². The van der Waals surface area contributed by atoms with Gasteiger partial charge in [-0.25, -0.2) is 4.39 Å². The lowest BCUT2D eigenvalue weighted by molar-refractivity contribution is 0.499. The summed E-state index contributed by atoms with van der Waals surface area (Å²) >= 11 is 1.80. The molecule has 1 N–H and O–H groups in total. The third-order valence-electron chi connectivity index (χ3n) is 3.58. The fraction of sp³-hybridized carbons (Fsp3) is 0.444. The van der Waals surface area contributed by atoms with Crippen molar-refractivity contribution in [3.63, 3.8) is 0 Å². The fourth-order valence-electron chi connectivity index (χ4n) is 2.46. The van der Waals surface area contributed by atoms with Crippen LogP contribution in [-0.2, 0) is 6.42 Å². The van der Waals surface area contributed by atoms with Crippen molar-refractivity contribution in [2.45, 2.75) is 32.6 Å². The summed E-state index contributed by atoms with van der Waals surface area (Å²) in [5.41, 5.74) is 1.10. The first-order valence-electron chi connectivity index (χ1n) is 7.63.